The van der Waals surface area contributed by atoms with E-state index >= 15 is 0 Å². The number of ether oxygens (including phenoxy) is 1. The minimum Gasteiger partial charge on any atom is -0.478 e. The summed E-state index contributed by atoms with van der Waals surface area (Å²) >= 11 is 7.59. The highest BCUT2D eigenvalue weighted by molar-refractivity contribution is 7.99. The summed E-state index contributed by atoms with van der Waals surface area (Å²) in [5.74, 6) is 1.35. The molecule has 0 spiro atoms. The molecule has 0 unspecified atom stereocenters. The lowest BCUT2D eigenvalue weighted by Crippen LogP contribution is -2.47. The van der Waals surface area contributed by atoms with Crippen LogP contribution >= 0.6 is 23.4 Å². The molecule has 1 fully saturated rings. The van der Waals surface area contributed by atoms with E-state index in [0.29, 0.717) is 29.1 Å². The SMILES string of the molecule is CC(C)Sc1nc(N2CCCCC2)c2cnn(CCNC(=O)C(C)(C)Oc3ccc(Cl)cc3)c2n1. The van der Waals surface area contributed by atoms with Crippen LogP contribution in [0.2, 0.25) is 5.02 Å². The first-order valence-corrected chi connectivity index (χ1v) is 13.4. The third-order valence-corrected chi connectivity index (χ3v) is 6.91. The molecule has 0 saturated carbocycles. The van der Waals surface area contributed by atoms with E-state index < -0.39 is 5.60 Å². The highest BCUT2D eigenvalue weighted by Crippen LogP contribution is 2.30. The second-order valence-corrected chi connectivity index (χ2v) is 11.5. The summed E-state index contributed by atoms with van der Waals surface area (Å²) in [5, 5.41) is 10.3. The Morgan fingerprint density at radius 3 is 2.57 bits per heavy atom. The number of nitrogens with zero attached hydrogens (tertiary/aromatic N) is 5. The summed E-state index contributed by atoms with van der Waals surface area (Å²) in [6, 6.07) is 6.97. The predicted molar refractivity (Wildman–Crippen MR) is 142 cm³/mol. The zero-order valence-electron chi connectivity index (χ0n) is 20.8. The van der Waals surface area contributed by atoms with Gasteiger partial charge >= 0.3 is 0 Å². The number of amides is 1. The molecule has 8 nitrogen and oxygen atoms in total. The fraction of sp³-hybridized carbons (Fsp3) is 0.520. The Morgan fingerprint density at radius 2 is 1.89 bits per heavy atom. The first kappa shape index (κ1) is 25.6. The van der Waals surface area contributed by atoms with Crippen LogP contribution in [0.5, 0.6) is 5.75 Å². The van der Waals surface area contributed by atoms with E-state index in [9.17, 15) is 4.79 Å². The minimum absolute atomic E-state index is 0.205. The number of hydrogen-bond donors (Lipinski definition) is 1. The zero-order valence-corrected chi connectivity index (χ0v) is 22.3. The molecule has 4 rings (SSSR count). The van der Waals surface area contributed by atoms with Gasteiger partial charge in [0.15, 0.2) is 16.4 Å². The van der Waals surface area contributed by atoms with Crippen LogP contribution in [0.1, 0.15) is 47.0 Å². The van der Waals surface area contributed by atoms with Crippen LogP contribution in [0.4, 0.5) is 5.82 Å². The van der Waals surface area contributed by atoms with Crippen LogP contribution < -0.4 is 15.0 Å². The molecule has 0 radical (unpaired) electrons. The molecular formula is C25H33ClN6O2S. The second kappa shape index (κ2) is 11.0. The lowest BCUT2D eigenvalue weighted by atomic mass is 10.1. The zero-order chi connectivity index (χ0) is 25.0. The Balaban J connectivity index is 1.46. The van der Waals surface area contributed by atoms with Gasteiger partial charge in [-0.25, -0.2) is 14.6 Å². The second-order valence-electron chi connectivity index (χ2n) is 9.47. The molecule has 188 valence electrons. The summed E-state index contributed by atoms with van der Waals surface area (Å²) in [6.07, 6.45) is 5.45. The van der Waals surface area contributed by atoms with Gasteiger partial charge in [0.1, 0.15) is 11.6 Å². The van der Waals surface area contributed by atoms with Crippen LogP contribution in [0.15, 0.2) is 35.6 Å². The van der Waals surface area contributed by atoms with E-state index in [0.717, 1.165) is 35.1 Å². The summed E-state index contributed by atoms with van der Waals surface area (Å²) < 4.78 is 7.74. The van der Waals surface area contributed by atoms with Crippen molar-refractivity contribution in [2.24, 2.45) is 0 Å². The Hall–Kier alpha value is -2.52. The molecule has 1 aliphatic heterocycles. The standard InChI is InChI=1S/C25H33ClN6O2S/c1-17(2)35-24-29-21(31-13-6-5-7-14-31)20-16-28-32(22(20)30-24)15-12-27-23(33)25(3,4)34-19-10-8-18(26)9-11-19/h8-11,16-17H,5-7,12-15H2,1-4H3,(H,27,33). The summed E-state index contributed by atoms with van der Waals surface area (Å²) in [7, 11) is 0. The number of rotatable bonds is 9. The van der Waals surface area contributed by atoms with E-state index in [4.69, 9.17) is 26.3 Å². The van der Waals surface area contributed by atoms with Gasteiger partial charge in [-0.1, -0.05) is 37.2 Å². The smallest absolute Gasteiger partial charge is 0.263 e. The van der Waals surface area contributed by atoms with Gasteiger partial charge in [-0.15, -0.1) is 0 Å². The van der Waals surface area contributed by atoms with Crippen LogP contribution in [0, 0.1) is 0 Å². The van der Waals surface area contributed by atoms with Crippen molar-refractivity contribution in [1.29, 1.82) is 0 Å². The molecule has 3 aromatic rings. The lowest BCUT2D eigenvalue weighted by Gasteiger charge is -2.28. The third kappa shape index (κ3) is 6.38. The van der Waals surface area contributed by atoms with Gasteiger partial charge in [0.05, 0.1) is 18.1 Å². The van der Waals surface area contributed by atoms with Crippen molar-refractivity contribution >= 4 is 46.1 Å². The molecule has 0 atom stereocenters. The van der Waals surface area contributed by atoms with E-state index in [-0.39, 0.29) is 5.91 Å². The number of anilines is 1. The van der Waals surface area contributed by atoms with E-state index in [2.05, 4.69) is 29.2 Å². The molecule has 1 amide bonds. The summed E-state index contributed by atoms with van der Waals surface area (Å²) in [6.45, 7) is 10.7. The van der Waals surface area contributed by atoms with Crippen molar-refractivity contribution in [2.75, 3.05) is 24.5 Å². The van der Waals surface area contributed by atoms with Crippen molar-refractivity contribution < 1.29 is 9.53 Å². The predicted octanol–water partition coefficient (Wildman–Crippen LogP) is 4.94. The summed E-state index contributed by atoms with van der Waals surface area (Å²) in [5.41, 5.74) is -0.236. The molecule has 10 heteroatoms. The van der Waals surface area contributed by atoms with Gasteiger partial charge in [0.25, 0.3) is 5.91 Å². The number of halogens is 1. The topological polar surface area (TPSA) is 85.2 Å². The fourth-order valence-corrected chi connectivity index (χ4v) is 4.85. The van der Waals surface area contributed by atoms with Gasteiger partial charge in [-0.3, -0.25) is 4.79 Å². The molecule has 0 bridgehead atoms. The number of thioether (sulfide) groups is 1. The number of carbonyl (C=O) groups is 1. The highest BCUT2D eigenvalue weighted by atomic mass is 35.5. The van der Waals surface area contributed by atoms with E-state index in [1.165, 1.54) is 19.3 Å². The number of hydrogen-bond acceptors (Lipinski definition) is 7. The molecule has 1 aliphatic rings. The van der Waals surface area contributed by atoms with Gasteiger partial charge in [-0.05, 0) is 57.4 Å². The molecule has 1 aromatic carbocycles. The highest BCUT2D eigenvalue weighted by Gasteiger charge is 2.29. The molecule has 0 aliphatic carbocycles. The number of benzene rings is 1. The van der Waals surface area contributed by atoms with Gasteiger partial charge < -0.3 is 15.0 Å². The van der Waals surface area contributed by atoms with E-state index in [1.54, 1.807) is 49.9 Å². The number of fused-ring (bicyclic) bond motifs is 1. The normalized spacial score (nSPS) is 14.5. The van der Waals surface area contributed by atoms with Crippen LogP contribution in [-0.2, 0) is 11.3 Å². The fourth-order valence-electron chi connectivity index (χ4n) is 4.03. The van der Waals surface area contributed by atoms with Crippen molar-refractivity contribution in [3.63, 3.8) is 0 Å². The summed E-state index contributed by atoms with van der Waals surface area (Å²) in [4.78, 5) is 24.9. The number of piperidine rings is 1. The van der Waals surface area contributed by atoms with Gasteiger partial charge in [0, 0.05) is 29.9 Å². The largest absolute Gasteiger partial charge is 0.478 e. The Morgan fingerprint density at radius 1 is 1.17 bits per heavy atom. The van der Waals surface area contributed by atoms with Crippen molar-refractivity contribution in [3.05, 3.63) is 35.5 Å². The van der Waals surface area contributed by atoms with Gasteiger partial charge in [-0.2, -0.15) is 5.10 Å². The molecular weight excluding hydrogens is 484 g/mol. The van der Waals surface area contributed by atoms with Crippen molar-refractivity contribution in [1.82, 2.24) is 25.1 Å². The number of nitrogens with one attached hydrogen (secondary N) is 1. The van der Waals surface area contributed by atoms with Crippen LogP contribution in [-0.4, -0.2) is 56.1 Å². The van der Waals surface area contributed by atoms with E-state index in [1.807, 2.05) is 10.9 Å². The average molecular weight is 517 g/mol. The maximum atomic E-state index is 12.8. The number of carbonyl (C=O) groups excluding carboxylic acids is 1. The first-order chi connectivity index (χ1) is 16.7. The lowest BCUT2D eigenvalue weighted by molar-refractivity contribution is -0.134. The maximum Gasteiger partial charge on any atom is 0.263 e. The maximum absolute atomic E-state index is 12.8. The molecule has 1 N–H and O–H groups in total. The van der Waals surface area contributed by atoms with Crippen molar-refractivity contribution in [3.8, 4) is 5.75 Å². The molecule has 35 heavy (non-hydrogen) atoms. The third-order valence-electron chi connectivity index (χ3n) is 5.79. The van der Waals surface area contributed by atoms with Gasteiger partial charge in [0.2, 0.25) is 0 Å². The minimum atomic E-state index is -1.04. The molecule has 1 saturated heterocycles. The molecule has 3 heterocycles. The Labute approximate surface area is 215 Å². The monoisotopic (exact) mass is 516 g/mol. The average Bonchev–Trinajstić information content (AvgIpc) is 3.23. The Bertz CT molecular complexity index is 1160. The number of aromatic nitrogens is 4. The Kier molecular flexibility index (Phi) is 8.06. The van der Waals surface area contributed by atoms with Crippen LogP contribution in [0.3, 0.4) is 0 Å². The van der Waals surface area contributed by atoms with Crippen LogP contribution in [0.25, 0.3) is 11.0 Å². The van der Waals surface area contributed by atoms with Crippen molar-refractivity contribution in [2.45, 2.75) is 69.5 Å². The quantitative estimate of drug-likeness (QED) is 0.318. The molecule has 2 aromatic heterocycles. The first-order valence-electron chi connectivity index (χ1n) is 12.1.